The van der Waals surface area contributed by atoms with E-state index in [0.717, 1.165) is 46.4 Å². The molecule has 0 unspecified atom stereocenters. The minimum atomic E-state index is 0.693. The van der Waals surface area contributed by atoms with Crippen molar-refractivity contribution in [1.82, 2.24) is 0 Å². The van der Waals surface area contributed by atoms with Crippen molar-refractivity contribution in [1.29, 1.82) is 0 Å². The quantitative estimate of drug-likeness (QED) is 0.0432. The summed E-state index contributed by atoms with van der Waals surface area (Å²) in [6, 6.07) is 11.1. The highest BCUT2D eigenvalue weighted by Gasteiger charge is 2.22. The molecule has 0 aliphatic carbocycles. The second-order valence-corrected chi connectivity index (χ2v) is 17.4. The first kappa shape index (κ1) is 47.4. The number of unbranched alkanes of at least 4 members (excludes halogenated alkanes) is 27. The molecular weight excluding hydrogens is 740 g/mol. The van der Waals surface area contributed by atoms with E-state index in [-0.39, 0.29) is 0 Å². The lowest BCUT2D eigenvalue weighted by Gasteiger charge is -2.21. The highest BCUT2D eigenvalue weighted by atomic mass is 79.9. The molecule has 0 N–H and O–H groups in total. The van der Waals surface area contributed by atoms with Gasteiger partial charge in [-0.1, -0.05) is 222 Å². The van der Waals surface area contributed by atoms with Crippen LogP contribution in [0.15, 0.2) is 34.8 Å². The van der Waals surface area contributed by atoms with Crippen LogP contribution in [0.2, 0.25) is 0 Å². The third-order valence-corrected chi connectivity index (χ3v) is 12.2. The van der Waals surface area contributed by atoms with Gasteiger partial charge in [-0.25, -0.2) is 0 Å². The Morgan fingerprint density at radius 3 is 1.22 bits per heavy atom. The molecule has 312 valence electrons. The van der Waals surface area contributed by atoms with E-state index in [2.05, 4.69) is 74.0 Å². The predicted octanol–water partition coefficient (Wildman–Crippen LogP) is 18.0. The standard InChI is InChI=1S/C51H83BrO3/c1-5-8-11-14-17-20-23-26-29-32-38-53-48-42-45-43(4)41-46-44(36-35-37-47(46)52)49(45)51(55-40-34-31-28-25-22-19-16-13-10-7-3)50(48)54-39-33-30-27-24-21-18-15-12-9-6-2/h35-37,41-42H,5-34,38-40H2,1-4H3. The van der Waals surface area contributed by atoms with E-state index < -0.39 is 0 Å². The first-order valence-corrected chi connectivity index (χ1v) is 24.5. The van der Waals surface area contributed by atoms with Crippen LogP contribution < -0.4 is 14.2 Å². The zero-order chi connectivity index (χ0) is 39.2. The third kappa shape index (κ3) is 18.9. The second kappa shape index (κ2) is 31.1. The van der Waals surface area contributed by atoms with Gasteiger partial charge in [-0.3, -0.25) is 0 Å². The zero-order valence-electron chi connectivity index (χ0n) is 36.3. The number of ether oxygens (including phenoxy) is 3. The summed E-state index contributed by atoms with van der Waals surface area (Å²) in [4.78, 5) is 0. The normalized spacial score (nSPS) is 11.6. The molecule has 0 spiro atoms. The fraction of sp³-hybridized carbons (Fsp3) is 0.725. The number of rotatable bonds is 36. The smallest absolute Gasteiger partial charge is 0.204 e. The first-order valence-electron chi connectivity index (χ1n) is 23.7. The number of halogens is 1. The van der Waals surface area contributed by atoms with E-state index in [1.54, 1.807) is 0 Å². The molecule has 3 aromatic carbocycles. The molecule has 0 aliphatic rings. The van der Waals surface area contributed by atoms with Gasteiger partial charge in [0.25, 0.3) is 0 Å². The molecule has 3 nitrogen and oxygen atoms in total. The predicted molar refractivity (Wildman–Crippen MR) is 246 cm³/mol. The molecule has 4 heteroatoms. The van der Waals surface area contributed by atoms with Crippen LogP contribution in [0.4, 0.5) is 0 Å². The summed E-state index contributed by atoms with van der Waals surface area (Å²) >= 11 is 3.86. The van der Waals surface area contributed by atoms with Gasteiger partial charge in [0.05, 0.1) is 19.8 Å². The molecule has 0 bridgehead atoms. The fourth-order valence-corrected chi connectivity index (χ4v) is 8.55. The number of hydrogen-bond acceptors (Lipinski definition) is 3. The maximum Gasteiger partial charge on any atom is 0.204 e. The third-order valence-electron chi connectivity index (χ3n) is 11.6. The van der Waals surface area contributed by atoms with E-state index in [1.165, 1.54) is 195 Å². The Hall–Kier alpha value is -1.94. The van der Waals surface area contributed by atoms with Gasteiger partial charge < -0.3 is 14.2 Å². The van der Waals surface area contributed by atoms with Crippen LogP contribution >= 0.6 is 15.9 Å². The molecule has 0 fully saturated rings. The Balaban J connectivity index is 1.72. The largest absolute Gasteiger partial charge is 0.490 e. The average molecular weight is 824 g/mol. The van der Waals surface area contributed by atoms with Crippen LogP contribution in [0.5, 0.6) is 17.2 Å². The van der Waals surface area contributed by atoms with Gasteiger partial charge in [-0.2, -0.15) is 0 Å². The average Bonchev–Trinajstić information content (AvgIpc) is 3.19. The van der Waals surface area contributed by atoms with Gasteiger partial charge in [0, 0.05) is 9.86 Å². The molecule has 0 atom stereocenters. The first-order chi connectivity index (χ1) is 27.1. The number of hydrogen-bond donors (Lipinski definition) is 0. The lowest BCUT2D eigenvalue weighted by atomic mass is 9.96. The van der Waals surface area contributed by atoms with Crippen LogP contribution in [0.25, 0.3) is 21.5 Å². The molecule has 0 aromatic heterocycles. The number of fused-ring (bicyclic) bond motifs is 3. The highest BCUT2D eigenvalue weighted by molar-refractivity contribution is 9.10. The summed E-state index contributed by atoms with van der Waals surface area (Å²) in [5.41, 5.74) is 1.24. The summed E-state index contributed by atoms with van der Waals surface area (Å²) in [5.74, 6) is 2.55. The van der Waals surface area contributed by atoms with E-state index in [4.69, 9.17) is 14.2 Å². The molecule has 55 heavy (non-hydrogen) atoms. The number of benzene rings is 3. The van der Waals surface area contributed by atoms with Gasteiger partial charge in [0.1, 0.15) is 0 Å². The van der Waals surface area contributed by atoms with Crippen LogP contribution in [-0.2, 0) is 0 Å². The van der Waals surface area contributed by atoms with E-state index in [0.29, 0.717) is 19.8 Å². The van der Waals surface area contributed by atoms with E-state index in [9.17, 15) is 0 Å². The Labute approximate surface area is 348 Å². The molecular formula is C51H83BrO3. The van der Waals surface area contributed by atoms with Crippen molar-refractivity contribution in [2.45, 2.75) is 220 Å². The molecule has 3 rings (SSSR count). The Kier molecular flexibility index (Phi) is 26.8. The summed E-state index contributed by atoms with van der Waals surface area (Å²) < 4.78 is 21.5. The van der Waals surface area contributed by atoms with E-state index in [1.807, 2.05) is 0 Å². The molecule has 0 aliphatic heterocycles. The van der Waals surface area contributed by atoms with Crippen molar-refractivity contribution >= 4 is 37.5 Å². The molecule has 0 saturated carbocycles. The van der Waals surface area contributed by atoms with Crippen molar-refractivity contribution in [2.75, 3.05) is 19.8 Å². The van der Waals surface area contributed by atoms with Crippen molar-refractivity contribution in [2.24, 2.45) is 0 Å². The molecule has 0 amide bonds. The number of aryl methyl sites for hydroxylation is 1. The molecule has 0 heterocycles. The summed E-state index contributed by atoms with van der Waals surface area (Å²) in [6.07, 6.45) is 39.5. The van der Waals surface area contributed by atoms with Crippen LogP contribution in [0.3, 0.4) is 0 Å². The molecule has 0 saturated heterocycles. The van der Waals surface area contributed by atoms with E-state index >= 15 is 0 Å². The summed E-state index contributed by atoms with van der Waals surface area (Å²) in [5, 5.41) is 4.79. The highest BCUT2D eigenvalue weighted by Crippen LogP contribution is 2.48. The SMILES string of the molecule is CCCCCCCCCCCCOc1cc2c(C)cc3c(Br)cccc3c2c(OCCCCCCCCCCCC)c1OCCCCCCCCCCCC. The van der Waals surface area contributed by atoms with Crippen LogP contribution in [-0.4, -0.2) is 19.8 Å². The Bertz CT molecular complexity index is 1400. The van der Waals surface area contributed by atoms with Crippen LogP contribution in [0.1, 0.15) is 219 Å². The molecule has 0 radical (unpaired) electrons. The van der Waals surface area contributed by atoms with Crippen LogP contribution in [0, 0.1) is 6.92 Å². The molecule has 3 aromatic rings. The lowest BCUT2D eigenvalue weighted by molar-refractivity contribution is 0.236. The Morgan fingerprint density at radius 2 is 0.782 bits per heavy atom. The monoisotopic (exact) mass is 823 g/mol. The Morgan fingerprint density at radius 1 is 0.400 bits per heavy atom. The fourth-order valence-electron chi connectivity index (χ4n) is 8.07. The zero-order valence-corrected chi connectivity index (χ0v) is 37.9. The summed E-state index contributed by atoms with van der Waals surface area (Å²) in [7, 11) is 0. The lowest BCUT2D eigenvalue weighted by Crippen LogP contribution is -2.07. The van der Waals surface area contributed by atoms with Crippen molar-refractivity contribution < 1.29 is 14.2 Å². The second-order valence-electron chi connectivity index (χ2n) is 16.6. The van der Waals surface area contributed by atoms with Crippen molar-refractivity contribution in [3.8, 4) is 17.2 Å². The minimum absolute atomic E-state index is 0.693. The maximum absolute atomic E-state index is 6.90. The van der Waals surface area contributed by atoms with Crippen molar-refractivity contribution in [3.05, 3.63) is 40.4 Å². The van der Waals surface area contributed by atoms with Gasteiger partial charge in [0.2, 0.25) is 5.75 Å². The minimum Gasteiger partial charge on any atom is -0.490 e. The van der Waals surface area contributed by atoms with Crippen molar-refractivity contribution in [3.63, 3.8) is 0 Å². The summed E-state index contributed by atoms with van der Waals surface area (Å²) in [6.45, 7) is 11.2. The van der Waals surface area contributed by atoms with Gasteiger partial charge in [0.15, 0.2) is 11.5 Å². The van der Waals surface area contributed by atoms with Gasteiger partial charge >= 0.3 is 0 Å². The van der Waals surface area contributed by atoms with Gasteiger partial charge in [-0.05, 0) is 66.1 Å². The van der Waals surface area contributed by atoms with Gasteiger partial charge in [-0.15, -0.1) is 0 Å². The maximum atomic E-state index is 6.90. The topological polar surface area (TPSA) is 27.7 Å².